The Morgan fingerprint density at radius 1 is 1.25 bits per heavy atom. The third-order valence-corrected chi connectivity index (χ3v) is 5.76. The lowest BCUT2D eigenvalue weighted by molar-refractivity contribution is 0.00431. The van der Waals surface area contributed by atoms with Gasteiger partial charge in [0, 0.05) is 38.3 Å². The maximum atomic E-state index is 10.4. The Bertz CT molecular complexity index is 586. The highest BCUT2D eigenvalue weighted by Crippen LogP contribution is 2.33. The van der Waals surface area contributed by atoms with Crippen LogP contribution in [0.4, 0.5) is 0 Å². The van der Waals surface area contributed by atoms with E-state index in [0.29, 0.717) is 6.54 Å². The second-order valence-electron chi connectivity index (χ2n) is 8.17. The molecule has 1 aromatic carbocycles. The number of nitrogens with zero attached hydrogens (tertiary/aromatic N) is 2. The fourth-order valence-electron chi connectivity index (χ4n) is 4.31. The first kappa shape index (κ1) is 21.4. The molecule has 0 amide bonds. The van der Waals surface area contributed by atoms with Crippen LogP contribution in [0.15, 0.2) is 18.2 Å². The lowest BCUT2D eigenvalue weighted by Crippen LogP contribution is -2.42. The summed E-state index contributed by atoms with van der Waals surface area (Å²) in [6.45, 7) is 6.01. The van der Waals surface area contributed by atoms with E-state index < -0.39 is 6.10 Å². The first-order valence-electron chi connectivity index (χ1n) is 10.6. The Morgan fingerprint density at radius 2 is 2.00 bits per heavy atom. The zero-order valence-corrected chi connectivity index (χ0v) is 17.4. The SMILES string of the molecule is COc1cccc(CN(C)CC2CCCC2)c1OC[C@H](O)CN1CCOCC1. The Morgan fingerprint density at radius 3 is 2.71 bits per heavy atom. The molecule has 1 aliphatic carbocycles. The molecule has 6 nitrogen and oxygen atoms in total. The van der Waals surface area contributed by atoms with E-state index in [0.717, 1.165) is 62.4 Å². The summed E-state index contributed by atoms with van der Waals surface area (Å²) in [5.41, 5.74) is 1.11. The van der Waals surface area contributed by atoms with Crippen molar-refractivity contribution >= 4 is 0 Å². The van der Waals surface area contributed by atoms with E-state index in [1.165, 1.54) is 25.7 Å². The van der Waals surface area contributed by atoms with E-state index in [2.05, 4.69) is 22.9 Å². The van der Waals surface area contributed by atoms with Crippen molar-refractivity contribution in [2.75, 3.05) is 60.2 Å². The molecule has 1 N–H and O–H groups in total. The van der Waals surface area contributed by atoms with Gasteiger partial charge in [0.1, 0.15) is 12.7 Å². The highest BCUT2D eigenvalue weighted by atomic mass is 16.5. The molecule has 6 heteroatoms. The molecular weight excluding hydrogens is 356 g/mol. The zero-order valence-electron chi connectivity index (χ0n) is 17.4. The molecule has 1 saturated carbocycles. The summed E-state index contributed by atoms with van der Waals surface area (Å²) in [6, 6.07) is 6.02. The molecule has 0 aromatic heterocycles. The topological polar surface area (TPSA) is 54.4 Å². The molecule has 1 aromatic rings. The van der Waals surface area contributed by atoms with Crippen LogP contribution in [-0.2, 0) is 11.3 Å². The quantitative estimate of drug-likeness (QED) is 0.660. The number of aliphatic hydroxyl groups excluding tert-OH is 1. The van der Waals surface area contributed by atoms with Crippen LogP contribution >= 0.6 is 0 Å². The van der Waals surface area contributed by atoms with Gasteiger partial charge in [0.15, 0.2) is 11.5 Å². The van der Waals surface area contributed by atoms with Gasteiger partial charge in [0.25, 0.3) is 0 Å². The summed E-state index contributed by atoms with van der Waals surface area (Å²) in [5.74, 6) is 2.30. The van der Waals surface area contributed by atoms with Gasteiger partial charge in [-0.05, 0) is 31.9 Å². The monoisotopic (exact) mass is 392 g/mol. The van der Waals surface area contributed by atoms with Gasteiger partial charge in [-0.2, -0.15) is 0 Å². The molecule has 0 unspecified atom stereocenters. The zero-order chi connectivity index (χ0) is 19.8. The van der Waals surface area contributed by atoms with Gasteiger partial charge in [-0.25, -0.2) is 0 Å². The highest BCUT2D eigenvalue weighted by Gasteiger charge is 2.20. The number of ether oxygens (including phenoxy) is 3. The van der Waals surface area contributed by atoms with E-state index in [-0.39, 0.29) is 6.61 Å². The molecular formula is C22H36N2O4. The summed E-state index contributed by atoms with van der Waals surface area (Å²) in [7, 11) is 3.84. The summed E-state index contributed by atoms with van der Waals surface area (Å²) in [6.07, 6.45) is 4.89. The maximum Gasteiger partial charge on any atom is 0.165 e. The summed E-state index contributed by atoms with van der Waals surface area (Å²) < 4.78 is 17.0. The minimum absolute atomic E-state index is 0.261. The van der Waals surface area contributed by atoms with Crippen molar-refractivity contribution in [3.63, 3.8) is 0 Å². The van der Waals surface area contributed by atoms with Gasteiger partial charge in [0.2, 0.25) is 0 Å². The molecule has 1 heterocycles. The van der Waals surface area contributed by atoms with E-state index in [9.17, 15) is 5.11 Å². The third kappa shape index (κ3) is 6.34. The number of benzene rings is 1. The van der Waals surface area contributed by atoms with Crippen LogP contribution in [0.25, 0.3) is 0 Å². The summed E-state index contributed by atoms with van der Waals surface area (Å²) in [5, 5.41) is 10.4. The molecule has 3 rings (SSSR count). The van der Waals surface area contributed by atoms with Gasteiger partial charge in [-0.1, -0.05) is 25.0 Å². The molecule has 158 valence electrons. The lowest BCUT2D eigenvalue weighted by atomic mass is 10.1. The molecule has 2 aliphatic rings. The smallest absolute Gasteiger partial charge is 0.165 e. The fourth-order valence-corrected chi connectivity index (χ4v) is 4.31. The standard InChI is InChI=1S/C22H36N2O4/c1-23(14-18-6-3-4-7-18)15-19-8-5-9-21(26-2)22(19)28-17-20(25)16-24-10-12-27-13-11-24/h5,8-9,18,20,25H,3-4,6-7,10-17H2,1-2H3/t20-/m1/s1. The largest absolute Gasteiger partial charge is 0.493 e. The van der Waals surface area contributed by atoms with Crippen molar-refractivity contribution in [2.45, 2.75) is 38.3 Å². The molecule has 0 spiro atoms. The third-order valence-electron chi connectivity index (χ3n) is 5.76. The Balaban J connectivity index is 1.56. The van der Waals surface area contributed by atoms with Crippen LogP contribution in [0, 0.1) is 5.92 Å². The number of rotatable bonds is 10. The molecule has 0 bridgehead atoms. The van der Waals surface area contributed by atoms with Crippen molar-refractivity contribution < 1.29 is 19.3 Å². The van der Waals surface area contributed by atoms with Crippen LogP contribution in [0.1, 0.15) is 31.2 Å². The number of hydrogen-bond donors (Lipinski definition) is 1. The number of morpholine rings is 1. The van der Waals surface area contributed by atoms with Crippen LogP contribution < -0.4 is 9.47 Å². The van der Waals surface area contributed by atoms with Crippen molar-refractivity contribution in [1.29, 1.82) is 0 Å². The first-order valence-corrected chi connectivity index (χ1v) is 10.6. The summed E-state index contributed by atoms with van der Waals surface area (Å²) >= 11 is 0. The Labute approximate surface area is 169 Å². The molecule has 1 aliphatic heterocycles. The maximum absolute atomic E-state index is 10.4. The predicted octanol–water partition coefficient (Wildman–Crippen LogP) is 2.39. The number of hydrogen-bond acceptors (Lipinski definition) is 6. The minimum Gasteiger partial charge on any atom is -0.493 e. The summed E-state index contributed by atoms with van der Waals surface area (Å²) in [4.78, 5) is 4.60. The number of para-hydroxylation sites is 1. The fraction of sp³-hybridized carbons (Fsp3) is 0.727. The second kappa shape index (κ2) is 11.0. The number of aliphatic hydroxyl groups is 1. The van der Waals surface area contributed by atoms with Gasteiger partial charge < -0.3 is 24.2 Å². The van der Waals surface area contributed by atoms with Crippen LogP contribution in [-0.4, -0.2) is 81.2 Å². The van der Waals surface area contributed by atoms with Gasteiger partial charge >= 0.3 is 0 Å². The first-order chi connectivity index (χ1) is 13.7. The van der Waals surface area contributed by atoms with Crippen molar-refractivity contribution in [3.8, 4) is 11.5 Å². The average molecular weight is 393 g/mol. The second-order valence-corrected chi connectivity index (χ2v) is 8.17. The highest BCUT2D eigenvalue weighted by molar-refractivity contribution is 5.46. The Kier molecular flexibility index (Phi) is 8.40. The van der Waals surface area contributed by atoms with E-state index in [1.54, 1.807) is 7.11 Å². The van der Waals surface area contributed by atoms with Crippen molar-refractivity contribution in [3.05, 3.63) is 23.8 Å². The molecule has 28 heavy (non-hydrogen) atoms. The van der Waals surface area contributed by atoms with E-state index in [4.69, 9.17) is 14.2 Å². The van der Waals surface area contributed by atoms with Crippen LogP contribution in [0.2, 0.25) is 0 Å². The minimum atomic E-state index is -0.535. The van der Waals surface area contributed by atoms with Gasteiger partial charge in [-0.3, -0.25) is 4.90 Å². The normalized spacial score (nSPS) is 19.9. The predicted molar refractivity (Wildman–Crippen MR) is 110 cm³/mol. The van der Waals surface area contributed by atoms with E-state index >= 15 is 0 Å². The van der Waals surface area contributed by atoms with E-state index in [1.807, 2.05) is 12.1 Å². The van der Waals surface area contributed by atoms with Gasteiger partial charge in [0.05, 0.1) is 20.3 Å². The molecule has 2 fully saturated rings. The van der Waals surface area contributed by atoms with Crippen LogP contribution in [0.5, 0.6) is 11.5 Å². The average Bonchev–Trinajstić information content (AvgIpc) is 3.20. The van der Waals surface area contributed by atoms with Crippen molar-refractivity contribution in [1.82, 2.24) is 9.80 Å². The van der Waals surface area contributed by atoms with Gasteiger partial charge in [-0.15, -0.1) is 0 Å². The van der Waals surface area contributed by atoms with Crippen LogP contribution in [0.3, 0.4) is 0 Å². The number of methoxy groups -OCH3 is 1. The molecule has 1 saturated heterocycles. The number of β-amino-alcohol motifs (C(OH)–C–C–N with tert-alkyl or cyclic N) is 1. The molecule has 1 atom stereocenters. The molecule has 0 radical (unpaired) electrons. The lowest BCUT2D eigenvalue weighted by Gasteiger charge is -2.28. The van der Waals surface area contributed by atoms with Crippen molar-refractivity contribution in [2.24, 2.45) is 5.92 Å². The Hall–Kier alpha value is -1.34.